The number of hydrogen-bond acceptors (Lipinski definition) is 5. The molecule has 8 nitrogen and oxygen atoms in total. The molecule has 3 amide bonds. The predicted octanol–water partition coefficient (Wildman–Crippen LogP) is 1.81. The lowest BCUT2D eigenvalue weighted by Crippen LogP contribution is -2.54. The van der Waals surface area contributed by atoms with Gasteiger partial charge < -0.3 is 15.5 Å². The Bertz CT molecular complexity index is 1050. The first-order valence-electron chi connectivity index (χ1n) is 11.3. The average molecular weight is 463 g/mol. The Morgan fingerprint density at radius 1 is 0.971 bits per heavy atom. The summed E-state index contributed by atoms with van der Waals surface area (Å²) in [4.78, 5) is 37.5. The van der Waals surface area contributed by atoms with Crippen molar-refractivity contribution in [2.45, 2.75) is 44.3 Å². The van der Waals surface area contributed by atoms with E-state index in [1.807, 2.05) is 12.1 Å². The molecule has 0 aromatic heterocycles. The predicted molar refractivity (Wildman–Crippen MR) is 128 cm³/mol. The van der Waals surface area contributed by atoms with E-state index < -0.39 is 23.8 Å². The normalized spacial score (nSPS) is 14.0. The number of amides is 3. The van der Waals surface area contributed by atoms with E-state index in [2.05, 4.69) is 34.6 Å². The zero-order valence-electron chi connectivity index (χ0n) is 19.4. The van der Waals surface area contributed by atoms with Crippen molar-refractivity contribution in [3.05, 3.63) is 70.8 Å². The van der Waals surface area contributed by atoms with Gasteiger partial charge in [0.15, 0.2) is 6.04 Å². The van der Waals surface area contributed by atoms with E-state index in [1.165, 1.54) is 50.8 Å². The minimum absolute atomic E-state index is 0.284. The summed E-state index contributed by atoms with van der Waals surface area (Å²) >= 11 is 0. The fourth-order valence-electron chi connectivity index (χ4n) is 3.93. The molecule has 1 atom stereocenters. The third-order valence-electron chi connectivity index (χ3n) is 5.95. The van der Waals surface area contributed by atoms with Crippen molar-refractivity contribution < 1.29 is 19.6 Å². The van der Waals surface area contributed by atoms with Crippen molar-refractivity contribution in [3.8, 4) is 11.8 Å². The van der Waals surface area contributed by atoms with Crippen LogP contribution in [0.2, 0.25) is 0 Å². The van der Waals surface area contributed by atoms with Crippen LogP contribution in [0.1, 0.15) is 52.7 Å². The fourth-order valence-corrected chi connectivity index (χ4v) is 3.93. The molecule has 0 spiro atoms. The molecule has 0 aliphatic heterocycles. The molecule has 0 radical (unpaired) electrons. The largest absolute Gasteiger partial charge is 0.357 e. The van der Waals surface area contributed by atoms with Crippen LogP contribution in [-0.4, -0.2) is 54.0 Å². The van der Waals surface area contributed by atoms with Gasteiger partial charge >= 0.3 is 0 Å². The summed E-state index contributed by atoms with van der Waals surface area (Å²) in [5, 5.41) is 14.8. The summed E-state index contributed by atoms with van der Waals surface area (Å²) in [5.74, 6) is 3.94. The molecule has 1 unspecified atom stereocenters. The Hall–Kier alpha value is -3.67. The molecule has 1 aliphatic carbocycles. The van der Waals surface area contributed by atoms with Gasteiger partial charge in [0.05, 0.1) is 0 Å². The number of carbonyl (C=O) groups excluding carboxylic acids is 3. The second-order valence-electron chi connectivity index (χ2n) is 8.30. The van der Waals surface area contributed by atoms with Crippen molar-refractivity contribution in [2.75, 3.05) is 14.1 Å². The van der Waals surface area contributed by atoms with Gasteiger partial charge in [-0.05, 0) is 54.8 Å². The van der Waals surface area contributed by atoms with E-state index in [0.717, 1.165) is 22.6 Å². The van der Waals surface area contributed by atoms with Crippen LogP contribution in [-0.2, 0) is 16.1 Å². The van der Waals surface area contributed by atoms with Crippen molar-refractivity contribution in [1.29, 1.82) is 0 Å². The summed E-state index contributed by atoms with van der Waals surface area (Å²) in [7, 11) is 2.66. The average Bonchev–Trinajstić information content (AvgIpc) is 3.40. The Labute approximate surface area is 199 Å². The Kier molecular flexibility index (Phi) is 8.79. The lowest BCUT2D eigenvalue weighted by atomic mass is 10.1. The number of likely N-dealkylation sites (N-methyl/N-ethyl adjacent to an activating group) is 2. The van der Waals surface area contributed by atoms with Gasteiger partial charge in [-0.15, -0.1) is 0 Å². The smallest absolute Gasteiger partial charge is 0.275 e. The molecule has 0 bridgehead atoms. The van der Waals surface area contributed by atoms with E-state index in [0.29, 0.717) is 6.04 Å². The SMILES string of the molecule is CNC(=O)C(C(=O)NO)N(C)C(=O)c1ccc(C#Cc2ccc(CNC3CCCC3)cc2)cc1. The second-order valence-corrected chi connectivity index (χ2v) is 8.30. The Morgan fingerprint density at radius 2 is 1.53 bits per heavy atom. The van der Waals surface area contributed by atoms with E-state index in [-0.39, 0.29) is 5.56 Å². The Morgan fingerprint density at radius 3 is 2.06 bits per heavy atom. The lowest BCUT2D eigenvalue weighted by Gasteiger charge is -2.25. The maximum Gasteiger partial charge on any atom is 0.275 e. The molecule has 0 heterocycles. The molecule has 3 rings (SSSR count). The van der Waals surface area contributed by atoms with Gasteiger partial charge in [0.1, 0.15) is 0 Å². The second kappa shape index (κ2) is 12.0. The molecule has 178 valence electrons. The third kappa shape index (κ3) is 6.44. The number of carbonyl (C=O) groups is 3. The fraction of sp³-hybridized carbons (Fsp3) is 0.346. The van der Waals surface area contributed by atoms with Gasteiger partial charge in [0, 0.05) is 43.4 Å². The highest BCUT2D eigenvalue weighted by molar-refractivity contribution is 6.08. The van der Waals surface area contributed by atoms with Gasteiger partial charge in [0.25, 0.3) is 17.7 Å². The van der Waals surface area contributed by atoms with Crippen LogP contribution in [0.3, 0.4) is 0 Å². The highest BCUT2D eigenvalue weighted by atomic mass is 16.5. The highest BCUT2D eigenvalue weighted by Gasteiger charge is 2.33. The molecule has 8 heteroatoms. The number of nitrogens with zero attached hydrogens (tertiary/aromatic N) is 1. The lowest BCUT2D eigenvalue weighted by molar-refractivity contribution is -0.140. The van der Waals surface area contributed by atoms with E-state index in [1.54, 1.807) is 24.3 Å². The molecule has 1 aliphatic rings. The number of rotatable bonds is 7. The summed E-state index contributed by atoms with van der Waals surface area (Å²) in [6.45, 7) is 0.864. The van der Waals surface area contributed by atoms with Crippen LogP contribution in [0, 0.1) is 11.8 Å². The summed E-state index contributed by atoms with van der Waals surface area (Å²) in [5.41, 5.74) is 4.55. The topological polar surface area (TPSA) is 111 Å². The first kappa shape index (κ1) is 25.0. The first-order valence-corrected chi connectivity index (χ1v) is 11.3. The standard InChI is InChI=1S/C26H30N4O4/c1-27-24(31)23(25(32)29-34)30(2)26(33)21-15-13-19(14-16-21)8-7-18-9-11-20(12-10-18)17-28-22-5-3-4-6-22/h9-16,22-23,28,34H,3-6,17H2,1-2H3,(H,27,31)(H,29,32). The van der Waals surface area contributed by atoms with Crippen LogP contribution in [0.15, 0.2) is 48.5 Å². The van der Waals surface area contributed by atoms with Gasteiger partial charge in [-0.1, -0.05) is 36.8 Å². The van der Waals surface area contributed by atoms with Crippen LogP contribution < -0.4 is 16.1 Å². The van der Waals surface area contributed by atoms with E-state index in [4.69, 9.17) is 5.21 Å². The molecule has 1 saturated carbocycles. The van der Waals surface area contributed by atoms with E-state index in [9.17, 15) is 14.4 Å². The molecule has 2 aromatic rings. The molecule has 1 fully saturated rings. The van der Waals surface area contributed by atoms with Gasteiger partial charge in [-0.3, -0.25) is 19.6 Å². The minimum Gasteiger partial charge on any atom is -0.357 e. The first-order chi connectivity index (χ1) is 16.4. The number of hydroxylamine groups is 1. The Balaban J connectivity index is 1.61. The maximum absolute atomic E-state index is 12.7. The van der Waals surface area contributed by atoms with Crippen molar-refractivity contribution in [1.82, 2.24) is 21.0 Å². The van der Waals surface area contributed by atoms with Crippen LogP contribution in [0.25, 0.3) is 0 Å². The quantitative estimate of drug-likeness (QED) is 0.217. The summed E-state index contributed by atoms with van der Waals surface area (Å²) in [6.07, 6.45) is 5.15. The zero-order chi connectivity index (χ0) is 24.5. The maximum atomic E-state index is 12.7. The molecule has 34 heavy (non-hydrogen) atoms. The number of nitrogens with one attached hydrogen (secondary N) is 3. The van der Waals surface area contributed by atoms with Crippen LogP contribution in [0.4, 0.5) is 0 Å². The van der Waals surface area contributed by atoms with Gasteiger partial charge in [0.2, 0.25) is 0 Å². The highest BCUT2D eigenvalue weighted by Crippen LogP contribution is 2.18. The van der Waals surface area contributed by atoms with Crippen molar-refractivity contribution in [3.63, 3.8) is 0 Å². The van der Waals surface area contributed by atoms with E-state index >= 15 is 0 Å². The summed E-state index contributed by atoms with van der Waals surface area (Å²) < 4.78 is 0. The van der Waals surface area contributed by atoms with Gasteiger partial charge in [-0.2, -0.15) is 0 Å². The molecular weight excluding hydrogens is 432 g/mol. The summed E-state index contributed by atoms with van der Waals surface area (Å²) in [6, 6.07) is 13.9. The third-order valence-corrected chi connectivity index (χ3v) is 5.95. The molecule has 4 N–H and O–H groups in total. The number of hydrogen-bond donors (Lipinski definition) is 4. The molecule has 2 aromatic carbocycles. The van der Waals surface area contributed by atoms with Crippen molar-refractivity contribution >= 4 is 17.7 Å². The minimum atomic E-state index is -1.50. The molecular formula is C26H30N4O4. The van der Waals surface area contributed by atoms with Gasteiger partial charge in [-0.25, -0.2) is 5.48 Å². The van der Waals surface area contributed by atoms with Crippen molar-refractivity contribution in [2.24, 2.45) is 0 Å². The van der Waals surface area contributed by atoms with Crippen LogP contribution in [0.5, 0.6) is 0 Å². The van der Waals surface area contributed by atoms with Crippen LogP contribution >= 0.6 is 0 Å². The zero-order valence-corrected chi connectivity index (χ0v) is 19.4. The number of benzene rings is 2. The monoisotopic (exact) mass is 462 g/mol. The molecule has 0 saturated heterocycles.